The second-order valence-corrected chi connectivity index (χ2v) is 9.63. The Labute approximate surface area is 191 Å². The second-order valence-electron chi connectivity index (χ2n) is 7.49. The average molecular weight is 540 g/mol. The third-order valence-corrected chi connectivity index (χ3v) is 5.81. The lowest BCUT2D eigenvalue weighted by molar-refractivity contribution is 0.163. The minimum Gasteiger partial charge on any atom is -0.357 e. The van der Waals surface area contributed by atoms with E-state index in [0.29, 0.717) is 29.7 Å². The Bertz CT molecular complexity index is 774. The lowest BCUT2D eigenvalue weighted by Gasteiger charge is -2.33. The van der Waals surface area contributed by atoms with E-state index >= 15 is 0 Å². The monoisotopic (exact) mass is 540 g/mol. The van der Waals surface area contributed by atoms with Gasteiger partial charge in [0.2, 0.25) is 0 Å². The molecule has 1 atom stereocenters. The van der Waals surface area contributed by atoms with Crippen LogP contribution in [0.1, 0.15) is 44.2 Å². The minimum atomic E-state index is -3.20. The zero-order valence-corrected chi connectivity index (χ0v) is 20.7. The topological polar surface area (TPSA) is 73.8 Å². The van der Waals surface area contributed by atoms with Crippen molar-refractivity contribution in [2.45, 2.75) is 51.4 Å². The first-order valence-electron chi connectivity index (χ1n) is 9.99. The van der Waals surface area contributed by atoms with Gasteiger partial charge >= 0.3 is 0 Å². The molecule has 0 saturated carbocycles. The zero-order chi connectivity index (χ0) is 20.6. The normalized spacial score (nSPS) is 18.2. The molecule has 1 unspecified atom stereocenters. The number of piperidine rings is 1. The van der Waals surface area contributed by atoms with E-state index in [1.165, 1.54) is 43.7 Å². The van der Waals surface area contributed by atoms with E-state index in [-0.39, 0.29) is 42.1 Å². The van der Waals surface area contributed by atoms with Crippen LogP contribution in [0.2, 0.25) is 0 Å². The Kier molecular flexibility index (Phi) is 11.4. The zero-order valence-electron chi connectivity index (χ0n) is 17.6. The maximum Gasteiger partial charge on any atom is 0.191 e. The largest absolute Gasteiger partial charge is 0.357 e. The van der Waals surface area contributed by atoms with Crippen molar-refractivity contribution in [1.82, 2.24) is 15.5 Å². The molecule has 0 spiro atoms. The van der Waals surface area contributed by atoms with Crippen LogP contribution in [0.5, 0.6) is 0 Å². The Hall–Kier alpha value is -0.940. The van der Waals surface area contributed by atoms with Gasteiger partial charge in [0.05, 0.1) is 12.3 Å². The van der Waals surface area contributed by atoms with Crippen molar-refractivity contribution in [2.75, 3.05) is 32.4 Å². The van der Waals surface area contributed by atoms with Gasteiger partial charge in [-0.15, -0.1) is 24.0 Å². The van der Waals surface area contributed by atoms with Crippen molar-refractivity contribution < 1.29 is 12.8 Å². The fourth-order valence-electron chi connectivity index (χ4n) is 3.48. The van der Waals surface area contributed by atoms with Crippen LogP contribution >= 0.6 is 24.0 Å². The highest BCUT2D eigenvalue weighted by molar-refractivity contribution is 14.0. The van der Waals surface area contributed by atoms with Crippen molar-refractivity contribution in [1.29, 1.82) is 0 Å². The van der Waals surface area contributed by atoms with Crippen LogP contribution in [0, 0.1) is 5.82 Å². The number of sulfone groups is 1. The number of likely N-dealkylation sites (tertiary alicyclic amines) is 1. The van der Waals surface area contributed by atoms with Crippen LogP contribution < -0.4 is 10.6 Å². The molecule has 0 bridgehead atoms. The van der Waals surface area contributed by atoms with E-state index in [0.717, 1.165) is 19.6 Å². The summed E-state index contributed by atoms with van der Waals surface area (Å²) in [6, 6.07) is 4.79. The van der Waals surface area contributed by atoms with Crippen molar-refractivity contribution in [3.8, 4) is 0 Å². The SMILES string of the molecule is CCNC(=NCc1cc(F)ccc1CS(C)(=O)=O)NCCN1CCCCC1C.I. The molecule has 29 heavy (non-hydrogen) atoms. The number of guanidine groups is 1. The average Bonchev–Trinajstić information content (AvgIpc) is 2.62. The van der Waals surface area contributed by atoms with Crippen molar-refractivity contribution >= 4 is 39.8 Å². The molecule has 0 radical (unpaired) electrons. The predicted molar refractivity (Wildman–Crippen MR) is 128 cm³/mol. The van der Waals surface area contributed by atoms with E-state index in [2.05, 4.69) is 27.4 Å². The molecule has 1 heterocycles. The first kappa shape index (κ1) is 26.1. The number of halogens is 2. The third-order valence-electron chi connectivity index (χ3n) is 4.97. The lowest BCUT2D eigenvalue weighted by atomic mass is 10.0. The summed E-state index contributed by atoms with van der Waals surface area (Å²) in [5, 5.41) is 6.52. The summed E-state index contributed by atoms with van der Waals surface area (Å²) in [6.45, 7) is 8.05. The minimum absolute atomic E-state index is 0. The summed E-state index contributed by atoms with van der Waals surface area (Å²) in [5.41, 5.74) is 1.18. The van der Waals surface area contributed by atoms with Gasteiger partial charge in [-0.25, -0.2) is 17.8 Å². The van der Waals surface area contributed by atoms with Crippen molar-refractivity contribution in [3.05, 3.63) is 35.1 Å². The highest BCUT2D eigenvalue weighted by Gasteiger charge is 2.17. The number of aliphatic imine (C=N–C) groups is 1. The standard InChI is InChI=1S/C20H33FN4O2S.HI/c1-4-22-20(23-10-12-25-11-6-5-7-16(25)2)24-14-18-13-19(21)9-8-17(18)15-28(3,26)27;/h8-9,13,16H,4-7,10-12,14-15H2,1-3H3,(H2,22,23,24);1H. The van der Waals surface area contributed by atoms with E-state index in [9.17, 15) is 12.8 Å². The second kappa shape index (κ2) is 12.7. The smallest absolute Gasteiger partial charge is 0.191 e. The van der Waals surface area contributed by atoms with Crippen LogP contribution in [0.4, 0.5) is 4.39 Å². The molecule has 6 nitrogen and oxygen atoms in total. The molecule has 0 aromatic heterocycles. The van der Waals surface area contributed by atoms with Gasteiger partial charge in [0.25, 0.3) is 0 Å². The van der Waals surface area contributed by atoms with Gasteiger partial charge in [-0.2, -0.15) is 0 Å². The number of nitrogens with zero attached hydrogens (tertiary/aromatic N) is 2. The number of rotatable bonds is 8. The van der Waals surface area contributed by atoms with Gasteiger partial charge in [0, 0.05) is 31.9 Å². The third kappa shape index (κ3) is 9.61. The van der Waals surface area contributed by atoms with E-state index in [1.54, 1.807) is 0 Å². The maximum absolute atomic E-state index is 13.7. The van der Waals surface area contributed by atoms with E-state index in [4.69, 9.17) is 0 Å². The number of benzene rings is 1. The molecule has 1 aromatic carbocycles. The Balaban J connectivity index is 0.00000420. The van der Waals surface area contributed by atoms with Crippen LogP contribution in [-0.2, 0) is 22.1 Å². The van der Waals surface area contributed by atoms with Crippen LogP contribution in [0.15, 0.2) is 23.2 Å². The lowest BCUT2D eigenvalue weighted by Crippen LogP contribution is -2.45. The molecule has 1 saturated heterocycles. The molecule has 2 N–H and O–H groups in total. The fraction of sp³-hybridized carbons (Fsp3) is 0.650. The predicted octanol–water partition coefficient (Wildman–Crippen LogP) is 2.92. The summed E-state index contributed by atoms with van der Waals surface area (Å²) < 4.78 is 36.9. The molecule has 9 heteroatoms. The van der Waals surface area contributed by atoms with Gasteiger partial charge < -0.3 is 10.6 Å². The van der Waals surface area contributed by atoms with Gasteiger partial charge in [-0.3, -0.25) is 4.90 Å². The Morgan fingerprint density at radius 2 is 2.03 bits per heavy atom. The maximum atomic E-state index is 13.7. The summed E-state index contributed by atoms with van der Waals surface area (Å²) >= 11 is 0. The van der Waals surface area contributed by atoms with Crippen LogP contribution in [0.3, 0.4) is 0 Å². The first-order valence-corrected chi connectivity index (χ1v) is 12.1. The molecular formula is C20H34FIN4O2S. The van der Waals surface area contributed by atoms with Crippen LogP contribution in [0.25, 0.3) is 0 Å². The first-order chi connectivity index (χ1) is 13.3. The van der Waals surface area contributed by atoms with E-state index in [1.807, 2.05) is 6.92 Å². The van der Waals surface area contributed by atoms with Gasteiger partial charge in [0.1, 0.15) is 5.82 Å². The molecule has 166 valence electrons. The van der Waals surface area contributed by atoms with E-state index < -0.39 is 9.84 Å². The Morgan fingerprint density at radius 3 is 2.69 bits per heavy atom. The molecule has 1 fully saturated rings. The molecule has 2 rings (SSSR count). The molecule has 0 aliphatic carbocycles. The highest BCUT2D eigenvalue weighted by Crippen LogP contribution is 2.16. The molecule has 1 aromatic rings. The van der Waals surface area contributed by atoms with Gasteiger partial charge in [-0.1, -0.05) is 12.5 Å². The summed E-state index contributed by atoms with van der Waals surface area (Å²) in [5.74, 6) is 0.149. The number of hydrogen-bond acceptors (Lipinski definition) is 4. The molecule has 0 amide bonds. The Morgan fingerprint density at radius 1 is 1.28 bits per heavy atom. The molecular weight excluding hydrogens is 506 g/mol. The molecule has 1 aliphatic rings. The summed E-state index contributed by atoms with van der Waals surface area (Å²) in [4.78, 5) is 7.01. The quantitative estimate of drug-likeness (QED) is 0.302. The molecule has 1 aliphatic heterocycles. The number of nitrogens with one attached hydrogen (secondary N) is 2. The fourth-order valence-corrected chi connectivity index (χ4v) is 4.33. The van der Waals surface area contributed by atoms with Crippen LogP contribution in [-0.4, -0.2) is 57.8 Å². The number of hydrogen-bond donors (Lipinski definition) is 2. The van der Waals surface area contributed by atoms with Gasteiger partial charge in [0.15, 0.2) is 15.8 Å². The van der Waals surface area contributed by atoms with Crippen molar-refractivity contribution in [2.24, 2.45) is 4.99 Å². The van der Waals surface area contributed by atoms with Gasteiger partial charge in [-0.05, 0) is 56.5 Å². The van der Waals surface area contributed by atoms with Crippen molar-refractivity contribution in [3.63, 3.8) is 0 Å². The summed E-state index contributed by atoms with van der Waals surface area (Å²) in [7, 11) is -3.20. The summed E-state index contributed by atoms with van der Waals surface area (Å²) in [6.07, 6.45) is 4.98. The highest BCUT2D eigenvalue weighted by atomic mass is 127.